The second-order valence-electron chi connectivity index (χ2n) is 5.10. The van der Waals surface area contributed by atoms with Gasteiger partial charge in [-0.2, -0.15) is 5.10 Å². The van der Waals surface area contributed by atoms with Crippen molar-refractivity contribution in [1.29, 1.82) is 0 Å². The molecule has 3 heterocycles. The summed E-state index contributed by atoms with van der Waals surface area (Å²) >= 11 is 6.25. The minimum Gasteiger partial charge on any atom is -0.382 e. The predicted octanol–water partition coefficient (Wildman–Crippen LogP) is 2.41. The van der Waals surface area contributed by atoms with E-state index in [1.54, 1.807) is 48.9 Å². The number of benzene rings is 1. The maximum absolute atomic E-state index is 12.9. The molecule has 0 saturated heterocycles. The fourth-order valence-electron chi connectivity index (χ4n) is 2.57. The van der Waals surface area contributed by atoms with E-state index >= 15 is 0 Å². The lowest BCUT2D eigenvalue weighted by molar-refractivity contribution is 1.00. The van der Waals surface area contributed by atoms with Crippen LogP contribution in [0.2, 0.25) is 5.02 Å². The molecule has 0 aliphatic carbocycles. The maximum Gasteiger partial charge on any atom is 0.268 e. The predicted molar refractivity (Wildman–Crippen MR) is 92.1 cm³/mol. The average Bonchev–Trinajstić information content (AvgIpc) is 2.99. The van der Waals surface area contributed by atoms with Crippen LogP contribution in [0.5, 0.6) is 0 Å². The van der Waals surface area contributed by atoms with Gasteiger partial charge in [0.05, 0.1) is 21.8 Å². The highest BCUT2D eigenvalue weighted by molar-refractivity contribution is 6.32. The summed E-state index contributed by atoms with van der Waals surface area (Å²) in [6.07, 6.45) is 4.89. The minimum absolute atomic E-state index is 0.119. The van der Waals surface area contributed by atoms with Crippen molar-refractivity contribution in [3.05, 3.63) is 64.3 Å². The highest BCUT2D eigenvalue weighted by Crippen LogP contribution is 2.27. The molecule has 0 bridgehead atoms. The molecular formula is C16H11ClN6O. The number of H-pyrrole nitrogens is 1. The van der Waals surface area contributed by atoms with Crippen LogP contribution in [0.4, 0.5) is 5.82 Å². The number of pyridine rings is 1. The van der Waals surface area contributed by atoms with E-state index in [1.807, 2.05) is 0 Å². The normalized spacial score (nSPS) is 11.0. The van der Waals surface area contributed by atoms with Gasteiger partial charge < -0.3 is 5.73 Å². The van der Waals surface area contributed by atoms with Crippen LogP contribution in [0, 0.1) is 0 Å². The zero-order valence-corrected chi connectivity index (χ0v) is 13.0. The van der Waals surface area contributed by atoms with E-state index in [9.17, 15) is 4.79 Å². The third-order valence-corrected chi connectivity index (χ3v) is 3.99. The van der Waals surface area contributed by atoms with Gasteiger partial charge >= 0.3 is 0 Å². The molecule has 1 aromatic carbocycles. The minimum atomic E-state index is -0.316. The second-order valence-corrected chi connectivity index (χ2v) is 5.51. The van der Waals surface area contributed by atoms with E-state index in [1.165, 1.54) is 4.57 Å². The largest absolute Gasteiger partial charge is 0.382 e. The van der Waals surface area contributed by atoms with Crippen molar-refractivity contribution in [2.45, 2.75) is 0 Å². The lowest BCUT2D eigenvalue weighted by Gasteiger charge is -2.10. The average molecular weight is 339 g/mol. The summed E-state index contributed by atoms with van der Waals surface area (Å²) in [6.45, 7) is 0. The number of fused-ring (bicyclic) bond motifs is 1. The molecular weight excluding hydrogens is 328 g/mol. The standard InChI is InChI=1S/C16H11ClN6O/c17-10-4-1-2-5-11(10)23-8-9(15-19-6-3-7-20-15)13-12(16(23)24)14(18)22-21-13/h1-8H,(H3,18,21,22). The van der Waals surface area contributed by atoms with Gasteiger partial charge in [-0.05, 0) is 18.2 Å². The molecule has 0 amide bonds. The number of aromatic amines is 1. The molecule has 0 spiro atoms. The van der Waals surface area contributed by atoms with Gasteiger partial charge in [-0.1, -0.05) is 23.7 Å². The molecule has 0 aliphatic rings. The monoisotopic (exact) mass is 338 g/mol. The fourth-order valence-corrected chi connectivity index (χ4v) is 2.80. The molecule has 118 valence electrons. The lowest BCUT2D eigenvalue weighted by atomic mass is 10.1. The summed E-state index contributed by atoms with van der Waals surface area (Å²) in [4.78, 5) is 21.4. The van der Waals surface area contributed by atoms with Gasteiger partial charge in [0, 0.05) is 18.6 Å². The summed E-state index contributed by atoms with van der Waals surface area (Å²) in [5.74, 6) is 0.570. The van der Waals surface area contributed by atoms with Gasteiger partial charge in [-0.3, -0.25) is 14.5 Å². The van der Waals surface area contributed by atoms with Crippen LogP contribution in [-0.2, 0) is 0 Å². The highest BCUT2D eigenvalue weighted by Gasteiger charge is 2.18. The van der Waals surface area contributed by atoms with Gasteiger partial charge in [0.2, 0.25) is 0 Å². The van der Waals surface area contributed by atoms with E-state index in [0.717, 1.165) is 0 Å². The van der Waals surface area contributed by atoms with Crippen molar-refractivity contribution in [2.75, 3.05) is 5.73 Å². The van der Waals surface area contributed by atoms with Crippen molar-refractivity contribution in [2.24, 2.45) is 0 Å². The van der Waals surface area contributed by atoms with E-state index in [-0.39, 0.29) is 16.8 Å². The van der Waals surface area contributed by atoms with Crippen molar-refractivity contribution in [3.63, 3.8) is 0 Å². The Labute approximate surface area is 140 Å². The summed E-state index contributed by atoms with van der Waals surface area (Å²) in [5.41, 5.74) is 7.21. The van der Waals surface area contributed by atoms with Crippen LogP contribution < -0.4 is 11.3 Å². The molecule has 4 aromatic rings. The van der Waals surface area contributed by atoms with Gasteiger partial charge in [-0.15, -0.1) is 0 Å². The van der Waals surface area contributed by atoms with Crippen molar-refractivity contribution in [3.8, 4) is 17.1 Å². The van der Waals surface area contributed by atoms with Crippen LogP contribution in [0.1, 0.15) is 0 Å². The zero-order valence-electron chi connectivity index (χ0n) is 12.3. The molecule has 7 nitrogen and oxygen atoms in total. The first-order valence-corrected chi connectivity index (χ1v) is 7.46. The molecule has 24 heavy (non-hydrogen) atoms. The number of rotatable bonds is 2. The molecule has 0 aliphatic heterocycles. The van der Waals surface area contributed by atoms with Crippen LogP contribution in [0.15, 0.2) is 53.7 Å². The first kappa shape index (κ1) is 14.4. The van der Waals surface area contributed by atoms with Crippen LogP contribution in [0.3, 0.4) is 0 Å². The number of hydrogen-bond donors (Lipinski definition) is 2. The van der Waals surface area contributed by atoms with E-state index in [4.69, 9.17) is 17.3 Å². The molecule has 3 N–H and O–H groups in total. The number of aromatic nitrogens is 5. The summed E-state index contributed by atoms with van der Waals surface area (Å²) in [5, 5.41) is 7.46. The number of anilines is 1. The molecule has 3 aromatic heterocycles. The topological polar surface area (TPSA) is 102 Å². The summed E-state index contributed by atoms with van der Waals surface area (Å²) in [7, 11) is 0. The number of nitrogens with zero attached hydrogens (tertiary/aromatic N) is 4. The van der Waals surface area contributed by atoms with Gasteiger partial charge in [0.25, 0.3) is 5.56 Å². The van der Waals surface area contributed by atoms with Gasteiger partial charge in [0.15, 0.2) is 11.6 Å². The Morgan fingerprint density at radius 2 is 1.88 bits per heavy atom. The Hall–Kier alpha value is -3.19. The first-order chi connectivity index (χ1) is 11.7. The smallest absolute Gasteiger partial charge is 0.268 e. The third-order valence-electron chi connectivity index (χ3n) is 3.67. The van der Waals surface area contributed by atoms with Crippen molar-refractivity contribution < 1.29 is 0 Å². The Balaban J connectivity index is 2.13. The highest BCUT2D eigenvalue weighted by atomic mass is 35.5. The summed E-state index contributed by atoms with van der Waals surface area (Å²) < 4.78 is 1.43. The zero-order chi connectivity index (χ0) is 16.7. The number of nitrogen functional groups attached to an aromatic ring is 1. The Bertz CT molecular complexity index is 1100. The molecule has 0 saturated carbocycles. The molecule has 0 unspecified atom stereocenters. The summed E-state index contributed by atoms with van der Waals surface area (Å²) in [6, 6.07) is 8.77. The number of nitrogens with two attached hydrogens (primary N) is 1. The van der Waals surface area contributed by atoms with E-state index < -0.39 is 0 Å². The number of nitrogens with one attached hydrogen (secondary N) is 1. The molecule has 0 atom stereocenters. The van der Waals surface area contributed by atoms with E-state index in [0.29, 0.717) is 27.6 Å². The number of halogens is 1. The molecule has 0 fully saturated rings. The molecule has 8 heteroatoms. The van der Waals surface area contributed by atoms with Crippen LogP contribution in [-0.4, -0.2) is 24.7 Å². The Morgan fingerprint density at radius 3 is 2.62 bits per heavy atom. The van der Waals surface area contributed by atoms with Crippen molar-refractivity contribution in [1.82, 2.24) is 24.7 Å². The maximum atomic E-state index is 12.9. The van der Waals surface area contributed by atoms with Gasteiger partial charge in [0.1, 0.15) is 5.39 Å². The Morgan fingerprint density at radius 1 is 1.12 bits per heavy atom. The van der Waals surface area contributed by atoms with Crippen molar-refractivity contribution >= 4 is 28.3 Å². The molecule has 4 rings (SSSR count). The quantitative estimate of drug-likeness (QED) is 0.584. The number of para-hydroxylation sites is 1. The van der Waals surface area contributed by atoms with Crippen LogP contribution in [0.25, 0.3) is 28.0 Å². The Kier molecular flexibility index (Phi) is 3.28. The van der Waals surface area contributed by atoms with E-state index in [2.05, 4.69) is 20.2 Å². The molecule has 0 radical (unpaired) electrons. The second kappa shape index (κ2) is 5.47. The SMILES string of the molecule is Nc1n[nH]c2c(-c3ncccn3)cn(-c3ccccc3Cl)c(=O)c12. The lowest BCUT2D eigenvalue weighted by Crippen LogP contribution is -2.19. The first-order valence-electron chi connectivity index (χ1n) is 7.08. The fraction of sp³-hybridized carbons (Fsp3) is 0. The van der Waals surface area contributed by atoms with Crippen LogP contribution >= 0.6 is 11.6 Å². The van der Waals surface area contributed by atoms with Gasteiger partial charge in [-0.25, -0.2) is 9.97 Å². The third kappa shape index (κ3) is 2.14. The number of hydrogen-bond acceptors (Lipinski definition) is 5.